The van der Waals surface area contributed by atoms with E-state index in [0.717, 1.165) is 5.56 Å². The monoisotopic (exact) mass is 529 g/mol. The zero-order valence-corrected chi connectivity index (χ0v) is 20.4. The molecule has 38 heavy (non-hydrogen) atoms. The minimum absolute atomic E-state index is 0.0219. The van der Waals surface area contributed by atoms with Gasteiger partial charge in [-0.3, -0.25) is 19.2 Å². The molecule has 4 unspecified atom stereocenters. The Bertz CT molecular complexity index is 1130. The molecule has 0 heterocycles. The van der Waals surface area contributed by atoms with Gasteiger partial charge < -0.3 is 42.7 Å². The molecule has 0 aliphatic heterocycles. The number of hydrogen-bond acceptors (Lipinski definition) is 8. The number of aliphatic carboxylic acids is 1. The number of nitrogens with two attached hydrogens (primary N) is 2. The van der Waals surface area contributed by atoms with Crippen molar-refractivity contribution in [2.45, 2.75) is 43.4 Å². The third kappa shape index (κ3) is 9.52. The second-order valence-electron chi connectivity index (χ2n) is 8.54. The lowest BCUT2D eigenvalue weighted by Crippen LogP contribution is -2.59. The largest absolute Gasteiger partial charge is 0.508 e. The molecule has 2 aromatic rings. The maximum Gasteiger partial charge on any atom is 0.326 e. The van der Waals surface area contributed by atoms with E-state index in [4.69, 9.17) is 11.5 Å². The fraction of sp³-hybridized carbons (Fsp3) is 0.320. The van der Waals surface area contributed by atoms with Gasteiger partial charge in [-0.15, -0.1) is 0 Å². The number of amides is 4. The van der Waals surface area contributed by atoms with Crippen LogP contribution in [0.5, 0.6) is 5.75 Å². The maximum atomic E-state index is 12.8. The number of aliphatic hydroxyl groups is 1. The van der Waals surface area contributed by atoms with Gasteiger partial charge in [0, 0.05) is 6.42 Å². The maximum absolute atomic E-state index is 12.8. The summed E-state index contributed by atoms with van der Waals surface area (Å²) in [5, 5.41) is 35.3. The Balaban J connectivity index is 2.05. The van der Waals surface area contributed by atoms with Gasteiger partial charge in [0.05, 0.1) is 19.1 Å². The fourth-order valence-corrected chi connectivity index (χ4v) is 3.46. The Labute approximate surface area is 218 Å². The van der Waals surface area contributed by atoms with Crippen LogP contribution in [0.4, 0.5) is 0 Å². The number of carbonyl (C=O) groups excluding carboxylic acids is 4. The van der Waals surface area contributed by atoms with Gasteiger partial charge in [-0.2, -0.15) is 0 Å². The molecule has 2 rings (SSSR count). The molecular formula is C25H31N5O8. The van der Waals surface area contributed by atoms with E-state index in [9.17, 15) is 39.3 Å². The highest BCUT2D eigenvalue weighted by Gasteiger charge is 2.31. The minimum atomic E-state index is -1.60. The molecule has 0 radical (unpaired) electrons. The van der Waals surface area contributed by atoms with E-state index in [-0.39, 0.29) is 18.6 Å². The van der Waals surface area contributed by atoms with Gasteiger partial charge >= 0.3 is 5.97 Å². The first-order valence-corrected chi connectivity index (χ1v) is 11.6. The van der Waals surface area contributed by atoms with Crippen LogP contribution >= 0.6 is 0 Å². The molecule has 0 aromatic heterocycles. The molecule has 204 valence electrons. The van der Waals surface area contributed by atoms with Crippen molar-refractivity contribution in [3.8, 4) is 5.75 Å². The third-order valence-corrected chi connectivity index (χ3v) is 5.48. The number of phenolic OH excluding ortho intramolecular Hbond substituents is 1. The summed E-state index contributed by atoms with van der Waals surface area (Å²) in [6.45, 7) is -0.909. The number of primary amides is 1. The van der Waals surface area contributed by atoms with Gasteiger partial charge in [-0.1, -0.05) is 42.5 Å². The van der Waals surface area contributed by atoms with Crippen molar-refractivity contribution in [2.75, 3.05) is 6.61 Å². The molecule has 4 atom stereocenters. The Hall–Kier alpha value is -4.49. The number of aliphatic hydroxyl groups excluding tert-OH is 1. The van der Waals surface area contributed by atoms with E-state index < -0.39 is 66.8 Å². The second-order valence-corrected chi connectivity index (χ2v) is 8.54. The molecule has 13 heteroatoms. The van der Waals surface area contributed by atoms with E-state index in [2.05, 4.69) is 16.0 Å². The summed E-state index contributed by atoms with van der Waals surface area (Å²) in [6, 6.07) is 8.92. The molecule has 0 aliphatic rings. The normalized spacial score (nSPS) is 13.8. The predicted octanol–water partition coefficient (Wildman–Crippen LogP) is -2.09. The summed E-state index contributed by atoms with van der Waals surface area (Å²) >= 11 is 0. The molecule has 13 nitrogen and oxygen atoms in total. The van der Waals surface area contributed by atoms with Gasteiger partial charge in [0.25, 0.3) is 0 Å². The SMILES string of the molecule is NC(=O)CC(NC(=O)C(N)Cc1ccccc1)C(=O)NC(CO)C(=O)NC(Cc1ccc(O)cc1)C(=O)O. The summed E-state index contributed by atoms with van der Waals surface area (Å²) in [5.74, 6) is -5.10. The quantitative estimate of drug-likeness (QED) is 0.134. The number of nitrogens with one attached hydrogen (secondary N) is 3. The predicted molar refractivity (Wildman–Crippen MR) is 134 cm³/mol. The number of hydrogen-bond donors (Lipinski definition) is 8. The van der Waals surface area contributed by atoms with Crippen molar-refractivity contribution < 1.29 is 39.3 Å². The van der Waals surface area contributed by atoms with Crippen molar-refractivity contribution in [3.63, 3.8) is 0 Å². The van der Waals surface area contributed by atoms with E-state index in [0.29, 0.717) is 5.56 Å². The van der Waals surface area contributed by atoms with Gasteiger partial charge in [-0.05, 0) is 29.7 Å². The molecular weight excluding hydrogens is 498 g/mol. The van der Waals surface area contributed by atoms with Crippen molar-refractivity contribution in [1.82, 2.24) is 16.0 Å². The van der Waals surface area contributed by atoms with Crippen LogP contribution in [-0.4, -0.2) is 75.7 Å². The number of carbonyl (C=O) groups is 5. The zero-order chi connectivity index (χ0) is 28.2. The highest BCUT2D eigenvalue weighted by molar-refractivity contribution is 5.96. The minimum Gasteiger partial charge on any atom is -0.508 e. The van der Waals surface area contributed by atoms with Crippen LogP contribution in [0.25, 0.3) is 0 Å². The lowest BCUT2D eigenvalue weighted by Gasteiger charge is -2.24. The Morgan fingerprint density at radius 1 is 0.737 bits per heavy atom. The summed E-state index contributed by atoms with van der Waals surface area (Å²) in [5.41, 5.74) is 12.4. The van der Waals surface area contributed by atoms with Crippen LogP contribution in [0.3, 0.4) is 0 Å². The third-order valence-electron chi connectivity index (χ3n) is 5.48. The Morgan fingerprint density at radius 2 is 1.26 bits per heavy atom. The van der Waals surface area contributed by atoms with Crippen LogP contribution in [0, 0.1) is 0 Å². The second kappa shape index (κ2) is 14.3. The van der Waals surface area contributed by atoms with Crippen molar-refractivity contribution in [3.05, 3.63) is 65.7 Å². The standard InChI is InChI=1S/C25H31N5O8/c26-17(10-14-4-2-1-3-5-14)22(34)28-18(12-21(27)33)23(35)30-20(13-31)24(36)29-19(25(37)38)11-15-6-8-16(32)9-7-15/h1-9,17-20,31-32H,10-13,26H2,(H2,27,33)(H,28,34)(H,29,36)(H,30,35)(H,37,38). The number of benzene rings is 2. The molecule has 2 aromatic carbocycles. The van der Waals surface area contributed by atoms with E-state index in [1.165, 1.54) is 24.3 Å². The average molecular weight is 530 g/mol. The van der Waals surface area contributed by atoms with E-state index in [1.54, 1.807) is 30.3 Å². The first-order valence-electron chi connectivity index (χ1n) is 11.6. The van der Waals surface area contributed by atoms with Gasteiger partial charge in [0.2, 0.25) is 23.6 Å². The summed E-state index contributed by atoms with van der Waals surface area (Å²) in [6.07, 6.45) is -0.613. The van der Waals surface area contributed by atoms with Crippen LogP contribution in [0.15, 0.2) is 54.6 Å². The number of aromatic hydroxyl groups is 1. The van der Waals surface area contributed by atoms with Crippen molar-refractivity contribution in [2.24, 2.45) is 11.5 Å². The first kappa shape index (κ1) is 29.7. The number of phenols is 1. The molecule has 0 fully saturated rings. The van der Waals surface area contributed by atoms with Gasteiger partial charge in [0.15, 0.2) is 0 Å². The first-order chi connectivity index (χ1) is 18.0. The van der Waals surface area contributed by atoms with Crippen LogP contribution in [-0.2, 0) is 36.8 Å². The van der Waals surface area contributed by atoms with Gasteiger partial charge in [0.1, 0.15) is 23.9 Å². The van der Waals surface area contributed by atoms with Crippen molar-refractivity contribution >= 4 is 29.6 Å². The lowest BCUT2D eigenvalue weighted by atomic mass is 10.0. The molecule has 0 saturated heterocycles. The fourth-order valence-electron chi connectivity index (χ4n) is 3.46. The summed E-state index contributed by atoms with van der Waals surface area (Å²) in [7, 11) is 0. The van der Waals surface area contributed by atoms with Crippen LogP contribution in [0.1, 0.15) is 17.5 Å². The lowest BCUT2D eigenvalue weighted by molar-refractivity contribution is -0.142. The zero-order valence-electron chi connectivity index (χ0n) is 20.4. The number of carboxylic acid groups (broad SMARTS) is 1. The molecule has 0 spiro atoms. The number of carboxylic acids is 1. The topological polar surface area (TPSA) is 234 Å². The highest BCUT2D eigenvalue weighted by atomic mass is 16.4. The smallest absolute Gasteiger partial charge is 0.326 e. The molecule has 0 aliphatic carbocycles. The summed E-state index contributed by atoms with van der Waals surface area (Å²) in [4.78, 5) is 61.2. The number of rotatable bonds is 14. The van der Waals surface area contributed by atoms with Crippen LogP contribution < -0.4 is 27.4 Å². The average Bonchev–Trinajstić information content (AvgIpc) is 2.87. The molecule has 0 saturated carbocycles. The van der Waals surface area contributed by atoms with E-state index >= 15 is 0 Å². The van der Waals surface area contributed by atoms with E-state index in [1.807, 2.05) is 0 Å². The molecule has 4 amide bonds. The molecule has 0 bridgehead atoms. The molecule has 10 N–H and O–H groups in total. The Kier molecular flexibility index (Phi) is 11.2. The highest BCUT2D eigenvalue weighted by Crippen LogP contribution is 2.11. The van der Waals surface area contributed by atoms with Crippen LogP contribution in [0.2, 0.25) is 0 Å². The summed E-state index contributed by atoms with van der Waals surface area (Å²) < 4.78 is 0. The Morgan fingerprint density at radius 3 is 1.82 bits per heavy atom. The van der Waals surface area contributed by atoms with Crippen molar-refractivity contribution in [1.29, 1.82) is 0 Å². The van der Waals surface area contributed by atoms with Gasteiger partial charge in [-0.25, -0.2) is 4.79 Å².